The van der Waals surface area contributed by atoms with Crippen molar-refractivity contribution in [2.75, 3.05) is 13.1 Å². The standard InChI is InChI=1S/C19H24N6O2.ClH/c1-2-20-19(27)17-10-16(12-21-17)25-13-15(23-24-25)11-22-18(26)9-8-14-6-4-3-5-7-14;/h3-9,13,16-17,21H,2,10-12H2,1H3,(H,20,27)(H,22,26);1H/t16-,17+;/m1./s1. The molecule has 8 nitrogen and oxygen atoms in total. The minimum Gasteiger partial charge on any atom is -0.355 e. The Hall–Kier alpha value is -2.71. The predicted molar refractivity (Wildman–Crippen MR) is 109 cm³/mol. The first-order valence-electron chi connectivity index (χ1n) is 9.08. The van der Waals surface area contributed by atoms with E-state index in [0.717, 1.165) is 5.56 Å². The summed E-state index contributed by atoms with van der Waals surface area (Å²) in [5, 5.41) is 17.1. The van der Waals surface area contributed by atoms with Crippen molar-refractivity contribution < 1.29 is 9.59 Å². The molecule has 0 aliphatic carbocycles. The maximum atomic E-state index is 11.9. The number of halogens is 1. The van der Waals surface area contributed by atoms with Crippen LogP contribution in [-0.4, -0.2) is 45.9 Å². The number of aromatic nitrogens is 3. The molecule has 0 saturated carbocycles. The summed E-state index contributed by atoms with van der Waals surface area (Å²) in [4.78, 5) is 23.8. The van der Waals surface area contributed by atoms with Gasteiger partial charge in [-0.1, -0.05) is 35.5 Å². The van der Waals surface area contributed by atoms with E-state index < -0.39 is 0 Å². The van der Waals surface area contributed by atoms with E-state index in [1.807, 2.05) is 43.5 Å². The van der Waals surface area contributed by atoms with Gasteiger partial charge in [0.2, 0.25) is 11.8 Å². The lowest BCUT2D eigenvalue weighted by atomic mass is 10.1. The average molecular weight is 405 g/mol. The Morgan fingerprint density at radius 1 is 1.29 bits per heavy atom. The molecule has 28 heavy (non-hydrogen) atoms. The van der Waals surface area contributed by atoms with E-state index in [1.165, 1.54) is 6.08 Å². The highest BCUT2D eigenvalue weighted by Gasteiger charge is 2.30. The van der Waals surface area contributed by atoms with Gasteiger partial charge in [-0.3, -0.25) is 9.59 Å². The summed E-state index contributed by atoms with van der Waals surface area (Å²) in [6.07, 6.45) is 5.74. The van der Waals surface area contributed by atoms with Crippen LogP contribution < -0.4 is 16.0 Å². The van der Waals surface area contributed by atoms with Crippen molar-refractivity contribution in [3.8, 4) is 0 Å². The second-order valence-electron chi connectivity index (χ2n) is 6.40. The van der Waals surface area contributed by atoms with Crippen molar-refractivity contribution >= 4 is 30.3 Å². The maximum absolute atomic E-state index is 11.9. The van der Waals surface area contributed by atoms with Crippen molar-refractivity contribution in [2.24, 2.45) is 0 Å². The molecule has 1 aromatic carbocycles. The normalized spacial score (nSPS) is 18.6. The molecule has 3 N–H and O–H groups in total. The number of amides is 2. The molecule has 1 aliphatic rings. The molecule has 2 amide bonds. The highest BCUT2D eigenvalue weighted by molar-refractivity contribution is 5.91. The Morgan fingerprint density at radius 3 is 2.82 bits per heavy atom. The van der Waals surface area contributed by atoms with Crippen LogP contribution in [0.1, 0.15) is 30.6 Å². The van der Waals surface area contributed by atoms with Gasteiger partial charge in [0.25, 0.3) is 0 Å². The molecule has 2 atom stereocenters. The molecule has 0 spiro atoms. The van der Waals surface area contributed by atoms with E-state index in [0.29, 0.717) is 31.7 Å². The zero-order chi connectivity index (χ0) is 19.1. The summed E-state index contributed by atoms with van der Waals surface area (Å²) in [5.41, 5.74) is 1.65. The number of carbonyl (C=O) groups is 2. The topological polar surface area (TPSA) is 101 Å². The molecule has 1 fully saturated rings. The van der Waals surface area contributed by atoms with E-state index in [2.05, 4.69) is 26.3 Å². The highest BCUT2D eigenvalue weighted by atomic mass is 35.5. The summed E-state index contributed by atoms with van der Waals surface area (Å²) >= 11 is 0. The summed E-state index contributed by atoms with van der Waals surface area (Å²) in [6, 6.07) is 9.50. The number of nitrogens with zero attached hydrogens (tertiary/aromatic N) is 3. The molecule has 1 aromatic heterocycles. The molecular weight excluding hydrogens is 380 g/mol. The van der Waals surface area contributed by atoms with Crippen LogP contribution in [0.2, 0.25) is 0 Å². The first kappa shape index (κ1) is 21.6. The predicted octanol–water partition coefficient (Wildman–Crippen LogP) is 1.07. The largest absolute Gasteiger partial charge is 0.355 e. The molecule has 2 aromatic rings. The Labute approximate surface area is 170 Å². The lowest BCUT2D eigenvalue weighted by Crippen LogP contribution is -2.40. The second-order valence-corrected chi connectivity index (χ2v) is 6.40. The minimum atomic E-state index is -0.203. The van der Waals surface area contributed by atoms with Gasteiger partial charge in [0.15, 0.2) is 0 Å². The van der Waals surface area contributed by atoms with Gasteiger partial charge in [-0.25, -0.2) is 4.68 Å². The van der Waals surface area contributed by atoms with Crippen molar-refractivity contribution in [2.45, 2.75) is 32.0 Å². The second kappa shape index (κ2) is 10.6. The fraction of sp³-hybridized carbons (Fsp3) is 0.368. The molecule has 150 valence electrons. The molecule has 3 rings (SSSR count). The SMILES string of the molecule is CCNC(=O)[C@@H]1C[C@@H](n2cc(CNC(=O)C=Cc3ccccc3)nn2)CN1.Cl. The summed E-state index contributed by atoms with van der Waals surface area (Å²) in [5.74, 6) is -0.176. The summed E-state index contributed by atoms with van der Waals surface area (Å²) in [6.45, 7) is 3.49. The van der Waals surface area contributed by atoms with E-state index in [4.69, 9.17) is 0 Å². The quantitative estimate of drug-likeness (QED) is 0.599. The van der Waals surface area contributed by atoms with Gasteiger partial charge in [0, 0.05) is 19.2 Å². The first-order chi connectivity index (χ1) is 13.2. The Kier molecular flexibility index (Phi) is 8.16. The Bertz CT molecular complexity index is 808. The van der Waals surface area contributed by atoms with Crippen molar-refractivity contribution in [1.29, 1.82) is 0 Å². The molecule has 1 saturated heterocycles. The van der Waals surface area contributed by atoms with Gasteiger partial charge in [0.1, 0.15) is 5.69 Å². The number of hydrogen-bond donors (Lipinski definition) is 3. The number of rotatable bonds is 7. The van der Waals surface area contributed by atoms with Crippen LogP contribution in [0, 0.1) is 0 Å². The number of hydrogen-bond acceptors (Lipinski definition) is 5. The third kappa shape index (κ3) is 5.90. The van der Waals surface area contributed by atoms with E-state index in [1.54, 1.807) is 10.8 Å². The summed E-state index contributed by atoms with van der Waals surface area (Å²) < 4.78 is 1.76. The average Bonchev–Trinajstić information content (AvgIpc) is 3.35. The lowest BCUT2D eigenvalue weighted by Gasteiger charge is -2.10. The number of benzene rings is 1. The zero-order valence-corrected chi connectivity index (χ0v) is 16.5. The van der Waals surface area contributed by atoms with Crippen LogP contribution in [0.3, 0.4) is 0 Å². The fourth-order valence-corrected chi connectivity index (χ4v) is 2.96. The summed E-state index contributed by atoms with van der Waals surface area (Å²) in [7, 11) is 0. The third-order valence-electron chi connectivity index (χ3n) is 4.38. The number of likely N-dealkylation sites (N-methyl/N-ethyl adjacent to an activating group) is 1. The molecule has 2 heterocycles. The van der Waals surface area contributed by atoms with Crippen molar-refractivity contribution in [3.05, 3.63) is 53.9 Å². The van der Waals surface area contributed by atoms with Crippen molar-refractivity contribution in [3.63, 3.8) is 0 Å². The number of nitrogens with one attached hydrogen (secondary N) is 3. The van der Waals surface area contributed by atoms with Gasteiger partial charge in [-0.05, 0) is 25.0 Å². The molecule has 0 bridgehead atoms. The van der Waals surface area contributed by atoms with Crippen LogP contribution in [0.5, 0.6) is 0 Å². The van der Waals surface area contributed by atoms with E-state index >= 15 is 0 Å². The van der Waals surface area contributed by atoms with Gasteiger partial charge >= 0.3 is 0 Å². The first-order valence-corrected chi connectivity index (χ1v) is 9.08. The van der Waals surface area contributed by atoms with Gasteiger partial charge in [0.05, 0.1) is 24.8 Å². The lowest BCUT2D eigenvalue weighted by molar-refractivity contribution is -0.122. The van der Waals surface area contributed by atoms with Crippen molar-refractivity contribution in [1.82, 2.24) is 30.9 Å². The monoisotopic (exact) mass is 404 g/mol. The van der Waals surface area contributed by atoms with E-state index in [9.17, 15) is 9.59 Å². The van der Waals surface area contributed by atoms with Gasteiger partial charge in [-0.2, -0.15) is 0 Å². The third-order valence-corrected chi connectivity index (χ3v) is 4.38. The Balaban J connectivity index is 0.00000280. The molecule has 1 aliphatic heterocycles. The molecule has 0 unspecified atom stereocenters. The van der Waals surface area contributed by atoms with Crippen LogP contribution in [-0.2, 0) is 16.1 Å². The van der Waals surface area contributed by atoms with Gasteiger partial charge < -0.3 is 16.0 Å². The van der Waals surface area contributed by atoms with Crippen LogP contribution >= 0.6 is 12.4 Å². The van der Waals surface area contributed by atoms with Gasteiger partial charge in [-0.15, -0.1) is 17.5 Å². The maximum Gasteiger partial charge on any atom is 0.244 e. The highest BCUT2D eigenvalue weighted by Crippen LogP contribution is 2.19. The van der Waals surface area contributed by atoms with E-state index in [-0.39, 0.29) is 36.3 Å². The zero-order valence-electron chi connectivity index (χ0n) is 15.7. The fourth-order valence-electron chi connectivity index (χ4n) is 2.96. The smallest absolute Gasteiger partial charge is 0.244 e. The Morgan fingerprint density at radius 2 is 2.07 bits per heavy atom. The minimum absolute atomic E-state index is 0. The molecular formula is C19H25ClN6O2. The number of carbonyl (C=O) groups excluding carboxylic acids is 2. The van der Waals surface area contributed by atoms with Crippen LogP contribution in [0.4, 0.5) is 0 Å². The van der Waals surface area contributed by atoms with Crippen LogP contribution in [0.15, 0.2) is 42.6 Å². The molecule has 9 heteroatoms. The van der Waals surface area contributed by atoms with Crippen LogP contribution in [0.25, 0.3) is 6.08 Å². The molecule has 0 radical (unpaired) electrons.